The lowest BCUT2D eigenvalue weighted by molar-refractivity contribution is 0.480. The van der Waals surface area contributed by atoms with Crippen molar-refractivity contribution in [3.05, 3.63) is 91.0 Å². The Kier molecular flexibility index (Phi) is 8.58. The number of hydrogen-bond donors (Lipinski definition) is 1. The molecule has 0 aliphatic rings. The topological polar surface area (TPSA) is 54.4 Å². The number of benzene rings is 3. The van der Waals surface area contributed by atoms with E-state index in [2.05, 4.69) is 91.0 Å². The molecule has 27 heavy (non-hydrogen) atoms. The largest absolute Gasteiger partial charge is 0.286 e. The molecule has 3 aromatic rings. The van der Waals surface area contributed by atoms with Crippen LogP contribution in [0.1, 0.15) is 19.8 Å². The molecule has 5 heteroatoms. The quantitative estimate of drug-likeness (QED) is 0.441. The third kappa shape index (κ3) is 7.59. The fourth-order valence-corrected chi connectivity index (χ4v) is 5.16. The highest BCUT2D eigenvalue weighted by Crippen LogP contribution is 2.30. The van der Waals surface area contributed by atoms with Gasteiger partial charge in [-0.1, -0.05) is 67.9 Å². The molecular formula is C22H25O3S2+. The van der Waals surface area contributed by atoms with E-state index in [4.69, 9.17) is 4.55 Å². The van der Waals surface area contributed by atoms with Crippen molar-refractivity contribution in [2.24, 2.45) is 0 Å². The predicted molar refractivity (Wildman–Crippen MR) is 113 cm³/mol. The Hall–Kier alpha value is -2.08. The molecule has 3 nitrogen and oxygen atoms in total. The minimum atomic E-state index is -3.69. The van der Waals surface area contributed by atoms with Crippen LogP contribution in [0, 0.1) is 0 Å². The molecule has 0 aliphatic carbocycles. The molecule has 0 fully saturated rings. The zero-order valence-corrected chi connectivity index (χ0v) is 17.0. The summed E-state index contributed by atoms with van der Waals surface area (Å²) in [4.78, 5) is 4.08. The lowest BCUT2D eigenvalue weighted by Gasteiger charge is -2.07. The van der Waals surface area contributed by atoms with E-state index in [1.807, 2.05) is 6.92 Å². The van der Waals surface area contributed by atoms with Crippen LogP contribution in [-0.4, -0.2) is 18.7 Å². The summed E-state index contributed by atoms with van der Waals surface area (Å²) in [6.07, 6.45) is 1.33. The van der Waals surface area contributed by atoms with E-state index in [-0.39, 0.29) is 16.6 Å². The van der Waals surface area contributed by atoms with Crippen LogP contribution in [0.2, 0.25) is 0 Å². The maximum Gasteiger partial charge on any atom is 0.264 e. The Bertz CT molecular complexity index is 787. The summed E-state index contributed by atoms with van der Waals surface area (Å²) in [6.45, 7) is 1.87. The third-order valence-electron chi connectivity index (χ3n) is 3.69. The molecule has 0 heterocycles. The molecule has 0 amide bonds. The van der Waals surface area contributed by atoms with Crippen molar-refractivity contribution >= 4 is 21.0 Å². The number of rotatable bonds is 6. The first-order chi connectivity index (χ1) is 13.0. The lowest BCUT2D eigenvalue weighted by Crippen LogP contribution is -2.04. The van der Waals surface area contributed by atoms with Crippen molar-refractivity contribution in [3.63, 3.8) is 0 Å². The van der Waals surface area contributed by atoms with Gasteiger partial charge in [0, 0.05) is 0 Å². The van der Waals surface area contributed by atoms with Gasteiger partial charge in [-0.05, 0) is 42.8 Å². The van der Waals surface area contributed by atoms with Gasteiger partial charge in [0.15, 0.2) is 14.7 Å². The second-order valence-electron chi connectivity index (χ2n) is 5.88. The third-order valence-corrected chi connectivity index (χ3v) is 6.73. The second-order valence-corrected chi connectivity index (χ2v) is 9.48. The molecule has 0 aromatic heterocycles. The van der Waals surface area contributed by atoms with Crippen molar-refractivity contribution in [3.8, 4) is 0 Å². The Morgan fingerprint density at radius 2 is 1.04 bits per heavy atom. The molecule has 3 rings (SSSR count). The molecule has 0 unspecified atom stereocenters. The average Bonchev–Trinajstić information content (AvgIpc) is 2.69. The van der Waals surface area contributed by atoms with Crippen molar-refractivity contribution in [1.82, 2.24) is 0 Å². The lowest BCUT2D eigenvalue weighted by atomic mass is 10.4. The van der Waals surface area contributed by atoms with Crippen molar-refractivity contribution in [1.29, 1.82) is 0 Å². The van der Waals surface area contributed by atoms with E-state index >= 15 is 0 Å². The minimum absolute atomic E-state index is 0.0146. The summed E-state index contributed by atoms with van der Waals surface area (Å²) in [5, 5.41) is 0. The molecule has 0 atom stereocenters. The maximum atomic E-state index is 9.95. The summed E-state index contributed by atoms with van der Waals surface area (Å²) in [5.74, 6) is -0.108. The molecule has 0 radical (unpaired) electrons. The Balaban J connectivity index is 0.000000279. The average molecular weight is 402 g/mol. The van der Waals surface area contributed by atoms with E-state index in [0.717, 1.165) is 6.42 Å². The van der Waals surface area contributed by atoms with Gasteiger partial charge in [-0.15, -0.1) is 0 Å². The summed E-state index contributed by atoms with van der Waals surface area (Å²) in [7, 11) is -3.70. The summed E-state index contributed by atoms with van der Waals surface area (Å²) in [6, 6.07) is 32.2. The van der Waals surface area contributed by atoms with Crippen LogP contribution in [0.4, 0.5) is 0 Å². The summed E-state index contributed by atoms with van der Waals surface area (Å²) < 4.78 is 28.0. The Labute approximate surface area is 165 Å². The molecule has 142 valence electrons. The van der Waals surface area contributed by atoms with Gasteiger partial charge in [-0.2, -0.15) is 8.42 Å². The number of hydrogen-bond acceptors (Lipinski definition) is 2. The monoisotopic (exact) mass is 401 g/mol. The van der Waals surface area contributed by atoms with Gasteiger partial charge in [-0.3, -0.25) is 4.55 Å². The standard InChI is InChI=1S/C18H15S.C4H10O3S/c1-4-10-16(11-5-1)19(17-12-6-2-7-13-17)18-14-8-3-9-15-18;1-2-3-4-8(5,6)7/h1-15H;2-4H2,1H3,(H,5,6,7)/q+1;. The zero-order chi connectivity index (χ0) is 19.5. The molecular weight excluding hydrogens is 376 g/mol. The van der Waals surface area contributed by atoms with E-state index in [9.17, 15) is 8.42 Å². The van der Waals surface area contributed by atoms with Gasteiger partial charge in [0.05, 0.1) is 16.6 Å². The van der Waals surface area contributed by atoms with Gasteiger partial charge in [-0.25, -0.2) is 0 Å². The molecule has 0 saturated carbocycles. The molecule has 0 bridgehead atoms. The van der Waals surface area contributed by atoms with Crippen molar-refractivity contribution in [2.75, 3.05) is 5.75 Å². The van der Waals surface area contributed by atoms with Gasteiger partial charge in [0.25, 0.3) is 10.1 Å². The van der Waals surface area contributed by atoms with E-state index in [1.165, 1.54) is 14.7 Å². The van der Waals surface area contributed by atoms with Gasteiger partial charge < -0.3 is 0 Å². The maximum absolute atomic E-state index is 9.95. The van der Waals surface area contributed by atoms with Gasteiger partial charge in [0.2, 0.25) is 0 Å². The van der Waals surface area contributed by atoms with E-state index in [1.54, 1.807) is 0 Å². The first-order valence-corrected chi connectivity index (χ1v) is 11.7. The normalized spacial score (nSPS) is 10.9. The van der Waals surface area contributed by atoms with E-state index < -0.39 is 10.1 Å². The summed E-state index contributed by atoms with van der Waals surface area (Å²) in [5.41, 5.74) is 0. The highest BCUT2D eigenvalue weighted by atomic mass is 32.2. The summed E-state index contributed by atoms with van der Waals surface area (Å²) >= 11 is 0. The fraction of sp³-hybridized carbons (Fsp3) is 0.182. The highest BCUT2D eigenvalue weighted by Gasteiger charge is 2.27. The molecule has 3 aromatic carbocycles. The van der Waals surface area contributed by atoms with Crippen molar-refractivity contribution < 1.29 is 13.0 Å². The van der Waals surface area contributed by atoms with Crippen LogP contribution < -0.4 is 0 Å². The zero-order valence-electron chi connectivity index (χ0n) is 15.4. The molecule has 1 N–H and O–H groups in total. The smallest absolute Gasteiger partial charge is 0.264 e. The Morgan fingerprint density at radius 1 is 0.704 bits per heavy atom. The second kappa shape index (κ2) is 10.9. The molecule has 0 saturated heterocycles. The van der Waals surface area contributed by atoms with E-state index in [0.29, 0.717) is 6.42 Å². The highest BCUT2D eigenvalue weighted by molar-refractivity contribution is 7.97. The van der Waals surface area contributed by atoms with Crippen LogP contribution in [0.15, 0.2) is 106 Å². The molecule has 0 spiro atoms. The van der Waals surface area contributed by atoms with Crippen molar-refractivity contribution in [2.45, 2.75) is 34.5 Å². The van der Waals surface area contributed by atoms with Crippen LogP contribution in [0.25, 0.3) is 0 Å². The van der Waals surface area contributed by atoms with Crippen LogP contribution >= 0.6 is 0 Å². The van der Waals surface area contributed by atoms with Gasteiger partial charge in [0.1, 0.15) is 0 Å². The first kappa shape index (κ1) is 21.2. The SMILES string of the molecule is CCCCS(=O)(=O)O.c1ccc([S+](c2ccccc2)c2ccccc2)cc1. The van der Waals surface area contributed by atoms with Crippen LogP contribution in [-0.2, 0) is 21.0 Å². The van der Waals surface area contributed by atoms with Crippen LogP contribution in [0.3, 0.4) is 0 Å². The number of unbranched alkanes of at least 4 members (excludes halogenated alkanes) is 1. The Morgan fingerprint density at radius 3 is 1.26 bits per heavy atom. The predicted octanol–water partition coefficient (Wildman–Crippen LogP) is 5.46. The minimum Gasteiger partial charge on any atom is -0.286 e. The fourth-order valence-electron chi connectivity index (χ4n) is 2.40. The first-order valence-electron chi connectivity index (χ1n) is 8.86. The molecule has 0 aliphatic heterocycles. The van der Waals surface area contributed by atoms with Crippen LogP contribution in [0.5, 0.6) is 0 Å². The van der Waals surface area contributed by atoms with Gasteiger partial charge >= 0.3 is 0 Å².